The van der Waals surface area contributed by atoms with E-state index in [2.05, 4.69) is 5.32 Å². The maximum Gasteiger partial charge on any atom is 0.270 e. The van der Waals surface area contributed by atoms with Crippen LogP contribution in [-0.4, -0.2) is 22.7 Å². The van der Waals surface area contributed by atoms with Gasteiger partial charge in [-0.25, -0.2) is 0 Å². The minimum Gasteiger partial charge on any atom is -0.483 e. The van der Waals surface area contributed by atoms with Crippen molar-refractivity contribution in [3.8, 4) is 5.75 Å². The summed E-state index contributed by atoms with van der Waals surface area (Å²) in [4.78, 5) is 27.4. The number of aryl methyl sites for hydroxylation is 1. The molecule has 0 aromatic heterocycles. The molecule has 0 spiro atoms. The molecule has 0 atom stereocenters. The summed E-state index contributed by atoms with van der Waals surface area (Å²) in [5, 5.41) is 2.79. The Morgan fingerprint density at radius 1 is 1.03 bits per heavy atom. The molecule has 5 nitrogen and oxygen atoms in total. The van der Waals surface area contributed by atoms with Crippen LogP contribution < -0.4 is 15.0 Å². The topological polar surface area (TPSA) is 58.6 Å². The number of nitrogens with one attached hydrogen (secondary N) is 1. The van der Waals surface area contributed by atoms with Crippen LogP contribution in [0.25, 0.3) is 6.08 Å². The molecule has 32 heavy (non-hydrogen) atoms. The molecular weight excluding hydrogens is 440 g/mol. The third-order valence-corrected chi connectivity index (χ3v) is 6.07. The van der Waals surface area contributed by atoms with E-state index in [0.717, 1.165) is 11.3 Å². The first kappa shape index (κ1) is 21.8. The summed E-state index contributed by atoms with van der Waals surface area (Å²) in [6.45, 7) is 1.80. The second-order valence-electron chi connectivity index (χ2n) is 7.04. The Morgan fingerprint density at radius 2 is 1.72 bits per heavy atom. The highest BCUT2D eigenvalue weighted by Crippen LogP contribution is 2.38. The van der Waals surface area contributed by atoms with Crippen molar-refractivity contribution in [2.24, 2.45) is 0 Å². The molecule has 1 fully saturated rings. The van der Waals surface area contributed by atoms with E-state index in [1.807, 2.05) is 79.7 Å². The van der Waals surface area contributed by atoms with Crippen LogP contribution in [0.5, 0.6) is 5.75 Å². The number of ether oxygens (including phenoxy) is 1. The molecule has 0 saturated carbocycles. The summed E-state index contributed by atoms with van der Waals surface area (Å²) in [5.41, 5.74) is 3.15. The van der Waals surface area contributed by atoms with Gasteiger partial charge in [-0.3, -0.25) is 14.5 Å². The number of carbonyl (C=O) groups is 2. The summed E-state index contributed by atoms with van der Waals surface area (Å²) < 4.78 is 6.23. The normalized spacial score (nSPS) is 14.7. The fraction of sp³-hybridized carbons (Fsp3) is 0.0800. The number of benzene rings is 3. The van der Waals surface area contributed by atoms with Crippen molar-refractivity contribution in [1.82, 2.24) is 0 Å². The molecule has 0 unspecified atom stereocenters. The number of para-hydroxylation sites is 3. The number of nitrogens with zero attached hydrogens (tertiary/aromatic N) is 1. The predicted molar refractivity (Wildman–Crippen MR) is 134 cm³/mol. The van der Waals surface area contributed by atoms with Gasteiger partial charge in [0.25, 0.3) is 11.8 Å². The molecule has 1 saturated heterocycles. The van der Waals surface area contributed by atoms with Gasteiger partial charge in [-0.05, 0) is 42.8 Å². The van der Waals surface area contributed by atoms with Crippen LogP contribution in [0.3, 0.4) is 0 Å². The Balaban J connectivity index is 1.50. The number of amides is 2. The summed E-state index contributed by atoms with van der Waals surface area (Å²) in [5.74, 6) is 0.0691. The quantitative estimate of drug-likeness (QED) is 0.393. The summed E-state index contributed by atoms with van der Waals surface area (Å²) >= 11 is 6.73. The van der Waals surface area contributed by atoms with Gasteiger partial charge in [0, 0.05) is 11.3 Å². The van der Waals surface area contributed by atoms with Gasteiger partial charge in [0.15, 0.2) is 10.9 Å². The third-order valence-electron chi connectivity index (χ3n) is 4.77. The zero-order valence-corrected chi connectivity index (χ0v) is 18.9. The molecule has 2 amide bonds. The van der Waals surface area contributed by atoms with E-state index in [0.29, 0.717) is 26.2 Å². The van der Waals surface area contributed by atoms with Gasteiger partial charge in [-0.2, -0.15) is 0 Å². The minimum atomic E-state index is -0.267. The van der Waals surface area contributed by atoms with E-state index in [4.69, 9.17) is 17.0 Å². The molecule has 1 aliphatic rings. The van der Waals surface area contributed by atoms with E-state index in [-0.39, 0.29) is 18.4 Å². The summed E-state index contributed by atoms with van der Waals surface area (Å²) in [6.07, 6.45) is 1.75. The van der Waals surface area contributed by atoms with Crippen molar-refractivity contribution >= 4 is 57.6 Å². The van der Waals surface area contributed by atoms with Gasteiger partial charge in [-0.15, -0.1) is 0 Å². The first-order chi connectivity index (χ1) is 15.5. The molecule has 3 aromatic carbocycles. The highest BCUT2D eigenvalue weighted by molar-refractivity contribution is 8.27. The van der Waals surface area contributed by atoms with Crippen molar-refractivity contribution in [2.75, 3.05) is 16.8 Å². The average Bonchev–Trinajstić information content (AvgIpc) is 3.07. The van der Waals surface area contributed by atoms with Gasteiger partial charge >= 0.3 is 0 Å². The molecule has 4 rings (SSSR count). The van der Waals surface area contributed by atoms with E-state index in [1.165, 1.54) is 11.8 Å². The summed E-state index contributed by atoms with van der Waals surface area (Å²) in [6, 6.07) is 24.1. The molecule has 0 radical (unpaired) electrons. The molecule has 0 aliphatic carbocycles. The lowest BCUT2D eigenvalue weighted by molar-refractivity contribution is -0.118. The van der Waals surface area contributed by atoms with Crippen LogP contribution in [0.15, 0.2) is 83.8 Å². The van der Waals surface area contributed by atoms with Gasteiger partial charge in [0.2, 0.25) is 0 Å². The first-order valence-electron chi connectivity index (χ1n) is 9.93. The SMILES string of the molecule is Cc1ccccc1N1C(=O)/C(=C\c2ccccc2OCC(=O)Nc2ccccc2)SC1=S. The third kappa shape index (κ3) is 4.90. The number of thioether (sulfide) groups is 1. The fourth-order valence-corrected chi connectivity index (χ4v) is 4.50. The monoisotopic (exact) mass is 460 g/mol. The predicted octanol–water partition coefficient (Wildman–Crippen LogP) is 5.42. The lowest BCUT2D eigenvalue weighted by Crippen LogP contribution is -2.28. The summed E-state index contributed by atoms with van der Waals surface area (Å²) in [7, 11) is 0. The molecular formula is C25H20N2O3S2. The van der Waals surface area contributed by atoms with Crippen LogP contribution in [0.1, 0.15) is 11.1 Å². The number of carbonyl (C=O) groups excluding carboxylic acids is 2. The van der Waals surface area contributed by atoms with Crippen molar-refractivity contribution in [3.63, 3.8) is 0 Å². The van der Waals surface area contributed by atoms with Gasteiger partial charge in [0.05, 0.1) is 10.6 Å². The van der Waals surface area contributed by atoms with Crippen LogP contribution in [0.2, 0.25) is 0 Å². The van der Waals surface area contributed by atoms with Gasteiger partial charge in [-0.1, -0.05) is 78.6 Å². The van der Waals surface area contributed by atoms with Crippen molar-refractivity contribution in [3.05, 3.63) is 94.9 Å². The van der Waals surface area contributed by atoms with E-state index < -0.39 is 0 Å². The van der Waals surface area contributed by atoms with Crippen LogP contribution in [-0.2, 0) is 9.59 Å². The Labute approximate surface area is 196 Å². The van der Waals surface area contributed by atoms with Crippen LogP contribution >= 0.6 is 24.0 Å². The lowest BCUT2D eigenvalue weighted by atomic mass is 10.1. The number of anilines is 2. The minimum absolute atomic E-state index is 0.149. The van der Waals surface area contributed by atoms with Crippen molar-refractivity contribution in [1.29, 1.82) is 0 Å². The van der Waals surface area contributed by atoms with E-state index in [9.17, 15) is 9.59 Å². The van der Waals surface area contributed by atoms with Crippen molar-refractivity contribution < 1.29 is 14.3 Å². The zero-order valence-electron chi connectivity index (χ0n) is 17.3. The van der Waals surface area contributed by atoms with E-state index in [1.54, 1.807) is 17.0 Å². The van der Waals surface area contributed by atoms with Crippen molar-refractivity contribution in [2.45, 2.75) is 6.92 Å². The number of hydrogen-bond acceptors (Lipinski definition) is 5. The number of hydrogen-bond donors (Lipinski definition) is 1. The maximum absolute atomic E-state index is 13.1. The Bertz CT molecular complexity index is 1210. The number of thiocarbonyl (C=S) groups is 1. The average molecular weight is 461 g/mol. The standard InChI is InChI=1S/C25H20N2O3S2/c1-17-9-5-7-13-20(17)27-24(29)22(32-25(27)31)15-18-10-6-8-14-21(18)30-16-23(28)26-19-11-3-2-4-12-19/h2-15H,16H2,1H3,(H,26,28)/b22-15+. The molecule has 3 aromatic rings. The highest BCUT2D eigenvalue weighted by atomic mass is 32.2. The second kappa shape index (κ2) is 9.80. The Kier molecular flexibility index (Phi) is 6.68. The molecule has 0 bridgehead atoms. The molecule has 1 aliphatic heterocycles. The number of rotatable bonds is 6. The smallest absolute Gasteiger partial charge is 0.270 e. The fourth-order valence-electron chi connectivity index (χ4n) is 3.22. The van der Waals surface area contributed by atoms with Gasteiger partial charge in [0.1, 0.15) is 5.75 Å². The maximum atomic E-state index is 13.1. The Hall–Kier alpha value is -3.42. The van der Waals surface area contributed by atoms with Crippen LogP contribution in [0, 0.1) is 6.92 Å². The Morgan fingerprint density at radius 3 is 2.50 bits per heavy atom. The zero-order chi connectivity index (χ0) is 22.5. The van der Waals surface area contributed by atoms with Gasteiger partial charge < -0.3 is 10.1 Å². The van der Waals surface area contributed by atoms with Crippen LogP contribution in [0.4, 0.5) is 11.4 Å². The largest absolute Gasteiger partial charge is 0.483 e. The molecule has 7 heteroatoms. The first-order valence-corrected chi connectivity index (χ1v) is 11.2. The van der Waals surface area contributed by atoms with E-state index >= 15 is 0 Å². The second-order valence-corrected chi connectivity index (χ2v) is 8.72. The highest BCUT2D eigenvalue weighted by Gasteiger charge is 2.34. The molecule has 1 N–H and O–H groups in total. The molecule has 1 heterocycles. The molecule has 160 valence electrons. The lowest BCUT2D eigenvalue weighted by Gasteiger charge is -2.16.